The lowest BCUT2D eigenvalue weighted by Crippen LogP contribution is -2.29. The van der Waals surface area contributed by atoms with Crippen molar-refractivity contribution in [2.75, 3.05) is 31.2 Å². The highest BCUT2D eigenvalue weighted by molar-refractivity contribution is 7.15. The molecular formula is C14H24N4OS. The van der Waals surface area contributed by atoms with Crippen molar-refractivity contribution < 1.29 is 4.74 Å². The molecule has 5 nitrogen and oxygen atoms in total. The van der Waals surface area contributed by atoms with Crippen LogP contribution in [0.2, 0.25) is 0 Å². The molecule has 0 fully saturated rings. The first kappa shape index (κ1) is 15.3. The van der Waals surface area contributed by atoms with Crippen molar-refractivity contribution in [1.82, 2.24) is 9.38 Å². The molecule has 112 valence electrons. The maximum atomic E-state index is 5.99. The van der Waals surface area contributed by atoms with E-state index in [0.29, 0.717) is 0 Å². The standard InChI is InChI=1S/C14H24N4OS/c1-4-17(6-8-19-5-2)13-12(10-11(3)15)18-7-9-20-14(18)16-13/h7,9,11H,4-6,8,10,15H2,1-3H3. The summed E-state index contributed by atoms with van der Waals surface area (Å²) >= 11 is 1.66. The van der Waals surface area contributed by atoms with Crippen LogP contribution in [-0.2, 0) is 11.2 Å². The Bertz CT molecular complexity index is 534. The first-order chi connectivity index (χ1) is 9.67. The Kier molecular flexibility index (Phi) is 5.39. The van der Waals surface area contributed by atoms with Crippen LogP contribution in [0.15, 0.2) is 11.6 Å². The predicted molar refractivity (Wildman–Crippen MR) is 84.8 cm³/mol. The summed E-state index contributed by atoms with van der Waals surface area (Å²) in [6.45, 7) is 9.46. The van der Waals surface area contributed by atoms with Crippen LogP contribution in [0.4, 0.5) is 5.82 Å². The number of nitrogens with two attached hydrogens (primary N) is 1. The Morgan fingerprint density at radius 2 is 2.30 bits per heavy atom. The van der Waals surface area contributed by atoms with E-state index < -0.39 is 0 Å². The maximum Gasteiger partial charge on any atom is 0.195 e. The van der Waals surface area contributed by atoms with Gasteiger partial charge in [-0.15, -0.1) is 11.3 Å². The fourth-order valence-corrected chi connectivity index (χ4v) is 3.03. The van der Waals surface area contributed by atoms with Crippen LogP contribution in [0, 0.1) is 0 Å². The number of anilines is 1. The zero-order valence-corrected chi connectivity index (χ0v) is 13.3. The second kappa shape index (κ2) is 7.06. The lowest BCUT2D eigenvalue weighted by molar-refractivity contribution is 0.154. The smallest absolute Gasteiger partial charge is 0.195 e. The molecule has 2 rings (SSSR count). The number of hydrogen-bond acceptors (Lipinski definition) is 5. The van der Waals surface area contributed by atoms with E-state index in [4.69, 9.17) is 15.5 Å². The first-order valence-electron chi connectivity index (χ1n) is 7.20. The fourth-order valence-electron chi connectivity index (χ4n) is 2.30. The molecule has 1 atom stereocenters. The molecular weight excluding hydrogens is 272 g/mol. The highest BCUT2D eigenvalue weighted by Gasteiger charge is 2.18. The zero-order chi connectivity index (χ0) is 14.5. The van der Waals surface area contributed by atoms with Gasteiger partial charge >= 0.3 is 0 Å². The monoisotopic (exact) mass is 296 g/mol. The van der Waals surface area contributed by atoms with Crippen molar-refractivity contribution in [3.8, 4) is 0 Å². The Hall–Kier alpha value is -1.11. The number of rotatable bonds is 8. The third-order valence-electron chi connectivity index (χ3n) is 3.25. The number of aromatic nitrogens is 2. The minimum atomic E-state index is 0.124. The third-order valence-corrected chi connectivity index (χ3v) is 4.00. The van der Waals surface area contributed by atoms with E-state index >= 15 is 0 Å². The van der Waals surface area contributed by atoms with Gasteiger partial charge in [0.05, 0.1) is 12.3 Å². The van der Waals surface area contributed by atoms with E-state index in [0.717, 1.165) is 43.5 Å². The molecule has 1 unspecified atom stereocenters. The normalized spacial score (nSPS) is 13.0. The van der Waals surface area contributed by atoms with Crippen LogP contribution in [0.3, 0.4) is 0 Å². The Labute approximate surface area is 124 Å². The van der Waals surface area contributed by atoms with E-state index in [1.54, 1.807) is 11.3 Å². The molecule has 0 saturated heterocycles. The second-order valence-electron chi connectivity index (χ2n) is 4.90. The molecule has 2 aromatic rings. The van der Waals surface area contributed by atoms with E-state index in [2.05, 4.69) is 27.8 Å². The van der Waals surface area contributed by atoms with E-state index in [1.165, 1.54) is 5.69 Å². The summed E-state index contributed by atoms with van der Waals surface area (Å²) in [5.41, 5.74) is 7.20. The average Bonchev–Trinajstić information content (AvgIpc) is 2.98. The number of nitrogens with zero attached hydrogens (tertiary/aromatic N) is 3. The molecule has 0 amide bonds. The highest BCUT2D eigenvalue weighted by atomic mass is 32.1. The number of ether oxygens (including phenoxy) is 1. The maximum absolute atomic E-state index is 5.99. The molecule has 2 aromatic heterocycles. The van der Waals surface area contributed by atoms with Crippen LogP contribution < -0.4 is 10.6 Å². The summed E-state index contributed by atoms with van der Waals surface area (Å²) in [6.07, 6.45) is 2.91. The van der Waals surface area contributed by atoms with Gasteiger partial charge in [0, 0.05) is 43.7 Å². The third kappa shape index (κ3) is 3.31. The van der Waals surface area contributed by atoms with Gasteiger partial charge in [-0.1, -0.05) is 0 Å². The first-order valence-corrected chi connectivity index (χ1v) is 8.08. The van der Waals surface area contributed by atoms with Crippen molar-refractivity contribution in [3.63, 3.8) is 0 Å². The summed E-state index contributed by atoms with van der Waals surface area (Å²) < 4.78 is 7.62. The Morgan fingerprint density at radius 3 is 2.95 bits per heavy atom. The van der Waals surface area contributed by atoms with Crippen LogP contribution in [-0.4, -0.2) is 41.7 Å². The molecule has 2 heterocycles. The van der Waals surface area contributed by atoms with Crippen molar-refractivity contribution in [3.05, 3.63) is 17.3 Å². The van der Waals surface area contributed by atoms with Gasteiger partial charge in [-0.25, -0.2) is 4.98 Å². The Balaban J connectivity index is 2.27. The summed E-state index contributed by atoms with van der Waals surface area (Å²) in [4.78, 5) is 8.08. The minimum Gasteiger partial charge on any atom is -0.380 e. The molecule has 0 spiro atoms. The van der Waals surface area contributed by atoms with Crippen molar-refractivity contribution in [2.45, 2.75) is 33.2 Å². The molecule has 6 heteroatoms. The van der Waals surface area contributed by atoms with Crippen LogP contribution in [0.1, 0.15) is 26.5 Å². The molecule has 0 aromatic carbocycles. The quantitative estimate of drug-likeness (QED) is 0.758. The highest BCUT2D eigenvalue weighted by Crippen LogP contribution is 2.25. The topological polar surface area (TPSA) is 55.8 Å². The van der Waals surface area contributed by atoms with Crippen LogP contribution in [0.25, 0.3) is 4.96 Å². The van der Waals surface area contributed by atoms with Gasteiger partial charge in [0.1, 0.15) is 0 Å². The summed E-state index contributed by atoms with van der Waals surface area (Å²) in [5, 5.41) is 2.06. The van der Waals surface area contributed by atoms with Gasteiger partial charge in [-0.2, -0.15) is 0 Å². The number of likely N-dealkylation sites (N-methyl/N-ethyl adjacent to an activating group) is 1. The van der Waals surface area contributed by atoms with Crippen LogP contribution in [0.5, 0.6) is 0 Å². The van der Waals surface area contributed by atoms with Gasteiger partial charge in [-0.3, -0.25) is 4.40 Å². The number of fused-ring (bicyclic) bond motifs is 1. The molecule has 0 saturated carbocycles. The Morgan fingerprint density at radius 1 is 1.50 bits per heavy atom. The summed E-state index contributed by atoms with van der Waals surface area (Å²) in [7, 11) is 0. The molecule has 0 bridgehead atoms. The van der Waals surface area contributed by atoms with E-state index in [-0.39, 0.29) is 6.04 Å². The average molecular weight is 296 g/mol. The molecule has 20 heavy (non-hydrogen) atoms. The number of imidazole rings is 1. The number of thiazole rings is 1. The van der Waals surface area contributed by atoms with E-state index in [1.807, 2.05) is 13.8 Å². The molecule has 0 aliphatic rings. The lowest BCUT2D eigenvalue weighted by Gasteiger charge is -2.22. The van der Waals surface area contributed by atoms with Crippen LogP contribution >= 0.6 is 11.3 Å². The van der Waals surface area contributed by atoms with Crippen molar-refractivity contribution in [1.29, 1.82) is 0 Å². The van der Waals surface area contributed by atoms with Gasteiger partial charge in [0.2, 0.25) is 0 Å². The second-order valence-corrected chi connectivity index (χ2v) is 5.77. The number of hydrogen-bond donors (Lipinski definition) is 1. The molecule has 0 aliphatic carbocycles. The SMILES string of the molecule is CCOCCN(CC)c1nc2sccn2c1CC(C)N. The zero-order valence-electron chi connectivity index (χ0n) is 12.5. The molecule has 2 N–H and O–H groups in total. The van der Waals surface area contributed by atoms with Gasteiger partial charge in [0.25, 0.3) is 0 Å². The fraction of sp³-hybridized carbons (Fsp3) is 0.643. The lowest BCUT2D eigenvalue weighted by atomic mass is 10.2. The molecule has 0 radical (unpaired) electrons. The minimum absolute atomic E-state index is 0.124. The van der Waals surface area contributed by atoms with Crippen molar-refractivity contribution >= 4 is 22.1 Å². The van der Waals surface area contributed by atoms with Gasteiger partial charge in [0.15, 0.2) is 10.8 Å². The molecule has 0 aliphatic heterocycles. The summed E-state index contributed by atoms with van der Waals surface area (Å²) in [5.74, 6) is 1.05. The predicted octanol–water partition coefficient (Wildman–Crippen LogP) is 2.15. The largest absolute Gasteiger partial charge is 0.380 e. The van der Waals surface area contributed by atoms with Gasteiger partial charge in [-0.05, 0) is 20.8 Å². The summed E-state index contributed by atoms with van der Waals surface area (Å²) in [6, 6.07) is 0.124. The van der Waals surface area contributed by atoms with Gasteiger partial charge < -0.3 is 15.4 Å². The van der Waals surface area contributed by atoms with Crippen molar-refractivity contribution in [2.24, 2.45) is 5.73 Å². The van der Waals surface area contributed by atoms with E-state index in [9.17, 15) is 0 Å².